The summed E-state index contributed by atoms with van der Waals surface area (Å²) >= 11 is 3.58. The fourth-order valence-electron chi connectivity index (χ4n) is 2.82. The lowest BCUT2D eigenvalue weighted by Gasteiger charge is -2.10. The Morgan fingerprint density at radius 1 is 0.810 bits per heavy atom. The summed E-state index contributed by atoms with van der Waals surface area (Å²) in [5.74, 6) is 0. The highest BCUT2D eigenvalue weighted by Gasteiger charge is 2.14. The largest absolute Gasteiger partial charge is 0.324 e. The zero-order valence-corrected chi connectivity index (χ0v) is 13.1. The van der Waals surface area contributed by atoms with E-state index >= 15 is 0 Å². The summed E-state index contributed by atoms with van der Waals surface area (Å²) in [5, 5.41) is 7.11. The van der Waals surface area contributed by atoms with Crippen molar-refractivity contribution in [3.05, 3.63) is 70.4 Å². The molecular formula is C18H15NS2. The van der Waals surface area contributed by atoms with Crippen LogP contribution in [0, 0.1) is 0 Å². The lowest BCUT2D eigenvalue weighted by Crippen LogP contribution is -2.12. The minimum atomic E-state index is 0.0548. The van der Waals surface area contributed by atoms with Gasteiger partial charge in [0.15, 0.2) is 0 Å². The van der Waals surface area contributed by atoms with Gasteiger partial charge in [0.1, 0.15) is 0 Å². The van der Waals surface area contributed by atoms with Crippen LogP contribution in [-0.4, -0.2) is 0 Å². The first-order chi connectivity index (χ1) is 10.3. The highest BCUT2D eigenvalue weighted by atomic mass is 32.1. The van der Waals surface area contributed by atoms with Crippen molar-refractivity contribution >= 4 is 42.8 Å². The van der Waals surface area contributed by atoms with Crippen LogP contribution in [0.5, 0.6) is 0 Å². The van der Waals surface area contributed by atoms with Crippen molar-refractivity contribution in [2.24, 2.45) is 5.73 Å². The lowest BCUT2D eigenvalue weighted by molar-refractivity contribution is 0.735. The molecule has 4 rings (SSSR count). The number of fused-ring (bicyclic) bond motifs is 2. The predicted molar refractivity (Wildman–Crippen MR) is 94.3 cm³/mol. The molecule has 0 amide bonds. The number of hydrogen-bond acceptors (Lipinski definition) is 3. The molecule has 0 spiro atoms. The first kappa shape index (κ1) is 13.0. The lowest BCUT2D eigenvalue weighted by atomic mass is 9.99. The van der Waals surface area contributed by atoms with E-state index in [1.807, 2.05) is 0 Å². The molecule has 0 aliphatic rings. The van der Waals surface area contributed by atoms with E-state index in [0.717, 1.165) is 6.42 Å². The molecule has 21 heavy (non-hydrogen) atoms. The highest BCUT2D eigenvalue weighted by Crippen LogP contribution is 2.33. The Morgan fingerprint density at radius 2 is 1.43 bits per heavy atom. The molecule has 0 saturated carbocycles. The van der Waals surface area contributed by atoms with Gasteiger partial charge in [-0.15, -0.1) is 22.7 Å². The van der Waals surface area contributed by atoms with E-state index in [2.05, 4.69) is 59.3 Å². The molecule has 1 atom stereocenters. The fourth-order valence-corrected chi connectivity index (χ4v) is 4.82. The number of benzene rings is 2. The molecule has 0 saturated heterocycles. The topological polar surface area (TPSA) is 26.0 Å². The Bertz CT molecular complexity index is 904. The zero-order valence-electron chi connectivity index (χ0n) is 11.5. The smallest absolute Gasteiger partial charge is 0.0350 e. The van der Waals surface area contributed by atoms with Gasteiger partial charge in [0.2, 0.25) is 0 Å². The molecule has 2 heterocycles. The molecule has 0 fully saturated rings. The van der Waals surface area contributed by atoms with Crippen LogP contribution < -0.4 is 5.73 Å². The van der Waals surface area contributed by atoms with Gasteiger partial charge in [-0.2, -0.15) is 0 Å². The highest BCUT2D eigenvalue weighted by molar-refractivity contribution is 7.17. The maximum absolute atomic E-state index is 6.50. The van der Waals surface area contributed by atoms with Crippen LogP contribution in [0.25, 0.3) is 20.2 Å². The first-order valence-corrected chi connectivity index (χ1v) is 8.75. The number of thiophene rings is 2. The van der Waals surface area contributed by atoms with Crippen molar-refractivity contribution < 1.29 is 0 Å². The minimum Gasteiger partial charge on any atom is -0.324 e. The van der Waals surface area contributed by atoms with E-state index in [1.165, 1.54) is 31.3 Å². The Labute approximate surface area is 131 Å². The molecule has 0 aliphatic heterocycles. The summed E-state index contributed by atoms with van der Waals surface area (Å²) in [4.78, 5) is 0. The zero-order chi connectivity index (χ0) is 14.2. The Morgan fingerprint density at radius 3 is 2.24 bits per heavy atom. The first-order valence-electron chi connectivity index (χ1n) is 7.00. The standard InChI is InChI=1S/C18H15NS2/c19-16(15-11-21-18-8-4-2-6-14(15)18)9-12-10-20-17-7-3-1-5-13(12)17/h1-8,10-11,16H,9,19H2. The van der Waals surface area contributed by atoms with Gasteiger partial charge in [0, 0.05) is 15.4 Å². The SMILES string of the molecule is NC(Cc1csc2ccccc12)c1csc2ccccc12. The number of hydrogen-bond donors (Lipinski definition) is 1. The van der Waals surface area contributed by atoms with E-state index in [4.69, 9.17) is 5.73 Å². The molecule has 1 unspecified atom stereocenters. The third-order valence-corrected chi connectivity index (χ3v) is 5.91. The van der Waals surface area contributed by atoms with Gasteiger partial charge in [0.05, 0.1) is 0 Å². The van der Waals surface area contributed by atoms with Crippen molar-refractivity contribution in [2.45, 2.75) is 12.5 Å². The summed E-state index contributed by atoms with van der Waals surface area (Å²) in [6, 6.07) is 17.1. The maximum atomic E-state index is 6.50. The van der Waals surface area contributed by atoms with E-state index in [0.29, 0.717) is 0 Å². The quantitative estimate of drug-likeness (QED) is 0.542. The van der Waals surface area contributed by atoms with Crippen LogP contribution in [-0.2, 0) is 6.42 Å². The number of rotatable bonds is 3. The molecule has 2 aromatic heterocycles. The molecule has 0 radical (unpaired) electrons. The van der Waals surface area contributed by atoms with E-state index in [1.54, 1.807) is 22.7 Å². The summed E-state index contributed by atoms with van der Waals surface area (Å²) in [6.07, 6.45) is 0.894. The van der Waals surface area contributed by atoms with Gasteiger partial charge < -0.3 is 5.73 Å². The Balaban J connectivity index is 1.71. The van der Waals surface area contributed by atoms with Gasteiger partial charge >= 0.3 is 0 Å². The fraction of sp³-hybridized carbons (Fsp3) is 0.111. The summed E-state index contributed by atoms with van der Waals surface area (Å²) in [5.41, 5.74) is 9.13. The maximum Gasteiger partial charge on any atom is 0.0350 e. The van der Waals surface area contributed by atoms with Crippen LogP contribution in [0.15, 0.2) is 59.3 Å². The third kappa shape index (κ3) is 2.27. The van der Waals surface area contributed by atoms with E-state index < -0.39 is 0 Å². The van der Waals surface area contributed by atoms with Crippen LogP contribution >= 0.6 is 22.7 Å². The van der Waals surface area contributed by atoms with Crippen molar-refractivity contribution in [1.82, 2.24) is 0 Å². The van der Waals surface area contributed by atoms with Crippen LogP contribution in [0.2, 0.25) is 0 Å². The molecule has 1 nitrogen and oxygen atoms in total. The molecule has 0 bridgehead atoms. The normalized spacial score (nSPS) is 13.0. The van der Waals surface area contributed by atoms with Gasteiger partial charge in [-0.1, -0.05) is 36.4 Å². The van der Waals surface area contributed by atoms with Gasteiger partial charge in [-0.25, -0.2) is 0 Å². The van der Waals surface area contributed by atoms with Crippen molar-refractivity contribution in [2.75, 3.05) is 0 Å². The number of nitrogens with two attached hydrogens (primary N) is 1. The minimum absolute atomic E-state index is 0.0548. The molecule has 3 heteroatoms. The average molecular weight is 309 g/mol. The van der Waals surface area contributed by atoms with Gasteiger partial charge in [-0.3, -0.25) is 0 Å². The van der Waals surface area contributed by atoms with Crippen LogP contribution in [0.3, 0.4) is 0 Å². The van der Waals surface area contributed by atoms with Crippen LogP contribution in [0.4, 0.5) is 0 Å². The molecule has 2 aromatic carbocycles. The van der Waals surface area contributed by atoms with Crippen molar-refractivity contribution in [1.29, 1.82) is 0 Å². The molecule has 104 valence electrons. The van der Waals surface area contributed by atoms with Crippen LogP contribution in [0.1, 0.15) is 17.2 Å². The molecule has 0 aliphatic carbocycles. The molecule has 2 N–H and O–H groups in total. The summed E-state index contributed by atoms with van der Waals surface area (Å²) in [6.45, 7) is 0. The molecular weight excluding hydrogens is 294 g/mol. The monoisotopic (exact) mass is 309 g/mol. The van der Waals surface area contributed by atoms with E-state index in [9.17, 15) is 0 Å². The van der Waals surface area contributed by atoms with Crippen molar-refractivity contribution in [3.63, 3.8) is 0 Å². The second-order valence-corrected chi connectivity index (χ2v) is 7.08. The summed E-state index contributed by atoms with van der Waals surface area (Å²) in [7, 11) is 0. The van der Waals surface area contributed by atoms with Crippen molar-refractivity contribution in [3.8, 4) is 0 Å². The second kappa shape index (κ2) is 5.26. The molecule has 4 aromatic rings. The predicted octanol–water partition coefficient (Wildman–Crippen LogP) is 5.36. The third-order valence-electron chi connectivity index (χ3n) is 3.91. The van der Waals surface area contributed by atoms with E-state index in [-0.39, 0.29) is 6.04 Å². The Kier molecular flexibility index (Phi) is 3.26. The average Bonchev–Trinajstić information content (AvgIpc) is 3.12. The van der Waals surface area contributed by atoms with Gasteiger partial charge in [0.25, 0.3) is 0 Å². The van der Waals surface area contributed by atoms with Gasteiger partial charge in [-0.05, 0) is 51.2 Å². The second-order valence-electron chi connectivity index (χ2n) is 5.25. The Hall–Kier alpha value is -1.68. The summed E-state index contributed by atoms with van der Waals surface area (Å²) < 4.78 is 2.66.